The van der Waals surface area contributed by atoms with Gasteiger partial charge in [0.1, 0.15) is 5.60 Å². The van der Waals surface area contributed by atoms with Crippen LogP contribution in [-0.4, -0.2) is 24.7 Å². The van der Waals surface area contributed by atoms with Crippen molar-refractivity contribution < 1.29 is 9.53 Å². The summed E-state index contributed by atoms with van der Waals surface area (Å²) in [6.07, 6.45) is 1.06. The molecule has 1 fully saturated rings. The molecule has 1 N–H and O–H groups in total. The van der Waals surface area contributed by atoms with Crippen LogP contribution in [-0.2, 0) is 9.53 Å². The number of piperidine rings is 1. The third-order valence-corrected chi connectivity index (χ3v) is 2.54. The quantitative estimate of drug-likeness (QED) is 0.651. The summed E-state index contributed by atoms with van der Waals surface area (Å²) in [7, 11) is 0. The van der Waals surface area contributed by atoms with Crippen LogP contribution in [0.25, 0.3) is 0 Å². The average Bonchev–Trinajstić information content (AvgIpc) is 2.01. The van der Waals surface area contributed by atoms with Crippen molar-refractivity contribution in [2.24, 2.45) is 11.8 Å². The molecule has 0 aromatic carbocycles. The van der Waals surface area contributed by atoms with E-state index in [1.807, 2.05) is 20.8 Å². The number of carbonyl (C=O) groups is 1. The Morgan fingerprint density at radius 1 is 1.43 bits per heavy atom. The van der Waals surface area contributed by atoms with Crippen LogP contribution in [0.5, 0.6) is 0 Å². The van der Waals surface area contributed by atoms with E-state index < -0.39 is 0 Å². The van der Waals surface area contributed by atoms with Crippen molar-refractivity contribution in [1.29, 1.82) is 0 Å². The Bertz CT molecular complexity index is 208. The lowest BCUT2D eigenvalue weighted by Gasteiger charge is -2.30. The van der Waals surface area contributed by atoms with Crippen LogP contribution in [0, 0.1) is 11.8 Å². The maximum absolute atomic E-state index is 11.8. The maximum Gasteiger partial charge on any atom is 0.311 e. The number of rotatable bonds is 1. The van der Waals surface area contributed by atoms with Gasteiger partial charge in [-0.3, -0.25) is 4.79 Å². The highest BCUT2D eigenvalue weighted by molar-refractivity contribution is 5.73. The van der Waals surface area contributed by atoms with Crippen molar-refractivity contribution in [2.45, 2.75) is 39.7 Å². The fraction of sp³-hybridized carbons (Fsp3) is 0.909. The van der Waals surface area contributed by atoms with Crippen LogP contribution in [0.1, 0.15) is 34.1 Å². The largest absolute Gasteiger partial charge is 0.460 e. The number of hydrogen-bond donors (Lipinski definition) is 1. The molecule has 1 saturated heterocycles. The van der Waals surface area contributed by atoms with Crippen molar-refractivity contribution >= 4 is 5.97 Å². The number of ether oxygens (including phenoxy) is 1. The Kier molecular flexibility index (Phi) is 3.53. The molecule has 0 aromatic heterocycles. The topological polar surface area (TPSA) is 38.3 Å². The summed E-state index contributed by atoms with van der Waals surface area (Å²) < 4.78 is 5.37. The Labute approximate surface area is 86.2 Å². The first kappa shape index (κ1) is 11.5. The summed E-state index contributed by atoms with van der Waals surface area (Å²) >= 11 is 0. The minimum Gasteiger partial charge on any atom is -0.460 e. The lowest BCUT2D eigenvalue weighted by molar-refractivity contribution is -0.162. The number of hydrogen-bond acceptors (Lipinski definition) is 3. The zero-order valence-corrected chi connectivity index (χ0v) is 9.59. The first-order chi connectivity index (χ1) is 6.40. The molecule has 0 spiro atoms. The second-order valence-electron chi connectivity index (χ2n) is 5.11. The summed E-state index contributed by atoms with van der Waals surface area (Å²) in [5, 5.41) is 3.23. The molecule has 0 aliphatic carbocycles. The van der Waals surface area contributed by atoms with Crippen molar-refractivity contribution in [3.8, 4) is 0 Å². The molecule has 3 heteroatoms. The Morgan fingerprint density at radius 3 is 2.57 bits per heavy atom. The van der Waals surface area contributed by atoms with Gasteiger partial charge in [0.2, 0.25) is 0 Å². The van der Waals surface area contributed by atoms with E-state index >= 15 is 0 Å². The Morgan fingerprint density at radius 2 is 2.07 bits per heavy atom. The third kappa shape index (κ3) is 3.29. The average molecular weight is 199 g/mol. The predicted octanol–water partition coefficient (Wildman–Crippen LogP) is 1.57. The summed E-state index contributed by atoms with van der Waals surface area (Å²) in [5.74, 6) is 0.409. The van der Waals surface area contributed by atoms with Crippen LogP contribution < -0.4 is 5.32 Å². The molecule has 0 amide bonds. The van der Waals surface area contributed by atoms with Gasteiger partial charge in [-0.1, -0.05) is 6.92 Å². The zero-order chi connectivity index (χ0) is 10.8. The zero-order valence-electron chi connectivity index (χ0n) is 9.59. The number of carbonyl (C=O) groups excluding carboxylic acids is 1. The lowest BCUT2D eigenvalue weighted by atomic mass is 9.88. The molecule has 0 radical (unpaired) electrons. The molecule has 2 atom stereocenters. The van der Waals surface area contributed by atoms with Crippen LogP contribution >= 0.6 is 0 Å². The molecule has 1 rings (SSSR count). The van der Waals surface area contributed by atoms with Gasteiger partial charge in [-0.25, -0.2) is 0 Å². The molecule has 1 aliphatic rings. The van der Waals surface area contributed by atoms with E-state index in [9.17, 15) is 4.79 Å². The fourth-order valence-electron chi connectivity index (χ4n) is 1.68. The molecule has 1 aliphatic heterocycles. The van der Waals surface area contributed by atoms with E-state index in [0.29, 0.717) is 5.92 Å². The normalized spacial score (nSPS) is 28.6. The summed E-state index contributed by atoms with van der Waals surface area (Å²) in [5.41, 5.74) is -0.367. The van der Waals surface area contributed by atoms with Gasteiger partial charge in [-0.15, -0.1) is 0 Å². The SMILES string of the molecule is CC1CCNCC1C(=O)OC(C)(C)C. The monoisotopic (exact) mass is 199 g/mol. The molecule has 14 heavy (non-hydrogen) atoms. The summed E-state index contributed by atoms with van der Waals surface area (Å²) in [4.78, 5) is 11.8. The van der Waals surface area contributed by atoms with E-state index in [4.69, 9.17) is 4.74 Å². The summed E-state index contributed by atoms with van der Waals surface area (Å²) in [6.45, 7) is 9.62. The molecule has 3 nitrogen and oxygen atoms in total. The van der Waals surface area contributed by atoms with Crippen molar-refractivity contribution in [3.63, 3.8) is 0 Å². The van der Waals surface area contributed by atoms with E-state index in [1.54, 1.807) is 0 Å². The third-order valence-electron chi connectivity index (χ3n) is 2.54. The summed E-state index contributed by atoms with van der Waals surface area (Å²) in [6, 6.07) is 0. The Balaban J connectivity index is 2.50. The van der Waals surface area contributed by atoms with Gasteiger partial charge in [-0.05, 0) is 39.7 Å². The highest BCUT2D eigenvalue weighted by Crippen LogP contribution is 2.22. The van der Waals surface area contributed by atoms with Gasteiger partial charge in [0.25, 0.3) is 0 Å². The van der Waals surface area contributed by atoms with Crippen LogP contribution in [0.2, 0.25) is 0 Å². The van der Waals surface area contributed by atoms with E-state index in [2.05, 4.69) is 12.2 Å². The standard InChI is InChI=1S/C11H21NO2/c1-8-5-6-12-7-9(8)10(13)14-11(2,3)4/h8-9,12H,5-7H2,1-4H3. The van der Waals surface area contributed by atoms with Crippen LogP contribution in [0.15, 0.2) is 0 Å². The van der Waals surface area contributed by atoms with Crippen molar-refractivity contribution in [1.82, 2.24) is 5.32 Å². The first-order valence-corrected chi connectivity index (χ1v) is 5.34. The fourth-order valence-corrected chi connectivity index (χ4v) is 1.68. The molecule has 0 bridgehead atoms. The first-order valence-electron chi connectivity index (χ1n) is 5.34. The van der Waals surface area contributed by atoms with Gasteiger partial charge in [-0.2, -0.15) is 0 Å². The molecular weight excluding hydrogens is 178 g/mol. The molecule has 0 aromatic rings. The van der Waals surface area contributed by atoms with Crippen molar-refractivity contribution in [2.75, 3.05) is 13.1 Å². The van der Waals surface area contributed by atoms with E-state index in [1.165, 1.54) is 0 Å². The molecule has 0 saturated carbocycles. The van der Waals surface area contributed by atoms with Gasteiger partial charge >= 0.3 is 5.97 Å². The lowest BCUT2D eigenvalue weighted by Crippen LogP contribution is -2.42. The highest BCUT2D eigenvalue weighted by atomic mass is 16.6. The number of nitrogens with one attached hydrogen (secondary N) is 1. The second kappa shape index (κ2) is 4.30. The molecule has 2 unspecified atom stereocenters. The predicted molar refractivity (Wildman–Crippen MR) is 56.0 cm³/mol. The van der Waals surface area contributed by atoms with Gasteiger partial charge in [0.15, 0.2) is 0 Å². The van der Waals surface area contributed by atoms with E-state index in [0.717, 1.165) is 19.5 Å². The number of esters is 1. The minimum absolute atomic E-state index is 0.0305. The van der Waals surface area contributed by atoms with Gasteiger partial charge in [0.05, 0.1) is 5.92 Å². The van der Waals surface area contributed by atoms with E-state index in [-0.39, 0.29) is 17.5 Å². The molecule has 1 heterocycles. The second-order valence-corrected chi connectivity index (χ2v) is 5.11. The van der Waals surface area contributed by atoms with Crippen molar-refractivity contribution in [3.05, 3.63) is 0 Å². The van der Waals surface area contributed by atoms with Crippen LogP contribution in [0.4, 0.5) is 0 Å². The minimum atomic E-state index is -0.367. The van der Waals surface area contributed by atoms with Gasteiger partial charge < -0.3 is 10.1 Å². The highest BCUT2D eigenvalue weighted by Gasteiger charge is 2.31. The van der Waals surface area contributed by atoms with Gasteiger partial charge in [0, 0.05) is 6.54 Å². The molecule has 82 valence electrons. The Hall–Kier alpha value is -0.570. The maximum atomic E-state index is 11.8. The molecular formula is C11H21NO2. The smallest absolute Gasteiger partial charge is 0.311 e. The van der Waals surface area contributed by atoms with Crippen LogP contribution in [0.3, 0.4) is 0 Å².